The van der Waals surface area contributed by atoms with Crippen molar-refractivity contribution >= 4 is 11.9 Å². The van der Waals surface area contributed by atoms with Crippen LogP contribution in [-0.4, -0.2) is 29.6 Å². The molecule has 136 valence electrons. The largest absolute Gasteiger partial charge is 0.494 e. The minimum Gasteiger partial charge on any atom is -0.494 e. The summed E-state index contributed by atoms with van der Waals surface area (Å²) in [7, 11) is 1.50. The number of benzene rings is 1. The van der Waals surface area contributed by atoms with Gasteiger partial charge < -0.3 is 9.84 Å². The predicted octanol–water partition coefficient (Wildman–Crippen LogP) is 3.25. The van der Waals surface area contributed by atoms with Crippen LogP contribution in [0.1, 0.15) is 42.0 Å². The monoisotopic (exact) mass is 353 g/mol. The summed E-state index contributed by atoms with van der Waals surface area (Å²) in [5.74, 6) is 0.216. The first-order valence-electron chi connectivity index (χ1n) is 8.40. The number of hydrogen-bond acceptors (Lipinski definition) is 5. The molecule has 1 N–H and O–H groups in total. The van der Waals surface area contributed by atoms with Crippen molar-refractivity contribution in [1.29, 1.82) is 5.26 Å². The lowest BCUT2D eigenvalue weighted by Gasteiger charge is -2.13. The number of nitriles is 1. The minimum atomic E-state index is -0.530. The molecule has 0 atom stereocenters. The molecular weight excluding hydrogens is 330 g/mol. The van der Waals surface area contributed by atoms with Crippen molar-refractivity contribution in [3.8, 4) is 11.9 Å². The Bertz CT molecular complexity index is 904. The van der Waals surface area contributed by atoms with Crippen LogP contribution in [0.2, 0.25) is 0 Å². The van der Waals surface area contributed by atoms with Gasteiger partial charge in [-0.25, -0.2) is 0 Å². The van der Waals surface area contributed by atoms with E-state index < -0.39 is 5.56 Å². The molecule has 2 rings (SSSR count). The van der Waals surface area contributed by atoms with Crippen LogP contribution < -0.4 is 5.56 Å². The highest BCUT2D eigenvalue weighted by Gasteiger charge is 2.17. The topological polar surface area (TPSA) is 87.6 Å². The summed E-state index contributed by atoms with van der Waals surface area (Å²) in [5, 5.41) is 19.8. The molecule has 1 heterocycles. The lowest BCUT2D eigenvalue weighted by atomic mass is 10.0. The van der Waals surface area contributed by atoms with Crippen LogP contribution in [0.5, 0.6) is 5.88 Å². The zero-order chi connectivity index (χ0) is 19.3. The fourth-order valence-electron chi connectivity index (χ4n) is 2.60. The highest BCUT2D eigenvalue weighted by molar-refractivity contribution is 5.87. The number of rotatable bonds is 6. The number of aliphatic imine (C=N–C) groups is 1. The number of methoxy groups -OCH3 is 1. The molecule has 2 aromatic rings. The highest BCUT2D eigenvalue weighted by Crippen LogP contribution is 2.22. The zero-order valence-corrected chi connectivity index (χ0v) is 15.5. The van der Waals surface area contributed by atoms with Gasteiger partial charge in [0.25, 0.3) is 5.56 Å². The molecule has 1 aromatic carbocycles. The Balaban J connectivity index is 2.48. The molecule has 6 heteroatoms. The Morgan fingerprint density at radius 3 is 2.54 bits per heavy atom. The summed E-state index contributed by atoms with van der Waals surface area (Å²) < 4.78 is 6.11. The van der Waals surface area contributed by atoms with Crippen molar-refractivity contribution in [3.05, 3.63) is 56.9 Å². The van der Waals surface area contributed by atoms with Crippen LogP contribution in [0, 0.1) is 18.3 Å². The van der Waals surface area contributed by atoms with E-state index in [1.807, 2.05) is 30.3 Å². The van der Waals surface area contributed by atoms with Gasteiger partial charge in [-0.05, 0) is 36.1 Å². The minimum absolute atomic E-state index is 0.00416. The number of ether oxygens (including phenoxy) is 1. The fraction of sp³-hybridized carbons (Fsp3) is 0.350. The summed E-state index contributed by atoms with van der Waals surface area (Å²) in [6.45, 7) is 6.26. The maximum atomic E-state index is 12.4. The molecule has 0 saturated carbocycles. The lowest BCUT2D eigenvalue weighted by Crippen LogP contribution is -2.26. The second-order valence-corrected chi connectivity index (χ2v) is 6.30. The van der Waals surface area contributed by atoms with Gasteiger partial charge in [0.15, 0.2) is 0 Å². The van der Waals surface area contributed by atoms with Gasteiger partial charge in [-0.15, -0.1) is 0 Å². The average molecular weight is 353 g/mol. The van der Waals surface area contributed by atoms with Crippen LogP contribution >= 0.6 is 0 Å². The molecule has 0 aliphatic heterocycles. The Labute approximate surface area is 153 Å². The Morgan fingerprint density at radius 2 is 2.00 bits per heavy atom. The van der Waals surface area contributed by atoms with E-state index in [1.165, 1.54) is 18.9 Å². The van der Waals surface area contributed by atoms with Gasteiger partial charge in [-0.3, -0.25) is 14.4 Å². The van der Waals surface area contributed by atoms with E-state index in [0.717, 1.165) is 10.3 Å². The Hall–Kier alpha value is -2.91. The van der Waals surface area contributed by atoms with E-state index in [0.29, 0.717) is 17.0 Å². The third kappa shape index (κ3) is 4.01. The van der Waals surface area contributed by atoms with Crippen molar-refractivity contribution in [3.63, 3.8) is 0 Å². The van der Waals surface area contributed by atoms with Crippen molar-refractivity contribution in [2.45, 2.75) is 33.2 Å². The first-order chi connectivity index (χ1) is 12.4. The Kier molecular flexibility index (Phi) is 6.31. The first-order valence-corrected chi connectivity index (χ1v) is 8.40. The summed E-state index contributed by atoms with van der Waals surface area (Å²) in [6.07, 6.45) is 1.48. The van der Waals surface area contributed by atoms with Gasteiger partial charge in [0.1, 0.15) is 11.6 Å². The van der Waals surface area contributed by atoms with Crippen molar-refractivity contribution < 1.29 is 9.84 Å². The Morgan fingerprint density at radius 1 is 1.35 bits per heavy atom. The molecule has 0 spiro atoms. The maximum Gasteiger partial charge on any atom is 0.271 e. The first kappa shape index (κ1) is 19.4. The molecule has 0 unspecified atom stereocenters. The SMILES string of the molecule is COCCn1c(O)c(C=Nc2ccc(C(C)C)cc2)c(C)c(C#N)c1=O. The van der Waals surface area contributed by atoms with Gasteiger partial charge in [0.2, 0.25) is 5.88 Å². The summed E-state index contributed by atoms with van der Waals surface area (Å²) in [6, 6.07) is 9.71. The maximum absolute atomic E-state index is 12.4. The lowest BCUT2D eigenvalue weighted by molar-refractivity contribution is 0.182. The number of pyridine rings is 1. The summed E-state index contributed by atoms with van der Waals surface area (Å²) >= 11 is 0. The molecule has 0 bridgehead atoms. The third-order valence-electron chi connectivity index (χ3n) is 4.27. The summed E-state index contributed by atoms with van der Waals surface area (Å²) in [5.41, 5.74) is 2.16. The standard InChI is InChI=1S/C20H23N3O3/c1-13(2)15-5-7-16(8-6-15)22-12-18-14(3)17(11-21)19(24)23(20(18)25)9-10-26-4/h5-8,12-13,25H,9-10H2,1-4H3. The normalized spacial score (nSPS) is 11.2. The fourth-order valence-corrected chi connectivity index (χ4v) is 2.60. The van der Waals surface area contributed by atoms with E-state index >= 15 is 0 Å². The van der Waals surface area contributed by atoms with E-state index in [9.17, 15) is 15.2 Å². The van der Waals surface area contributed by atoms with E-state index in [2.05, 4.69) is 18.8 Å². The average Bonchev–Trinajstić information content (AvgIpc) is 2.62. The van der Waals surface area contributed by atoms with E-state index in [-0.39, 0.29) is 24.6 Å². The molecule has 0 radical (unpaired) electrons. The van der Waals surface area contributed by atoms with Crippen molar-refractivity contribution in [2.24, 2.45) is 4.99 Å². The van der Waals surface area contributed by atoms with E-state index in [1.54, 1.807) is 6.92 Å². The van der Waals surface area contributed by atoms with Gasteiger partial charge in [-0.2, -0.15) is 5.26 Å². The number of nitrogens with zero attached hydrogens (tertiary/aromatic N) is 3. The van der Waals surface area contributed by atoms with Gasteiger partial charge in [0, 0.05) is 13.3 Å². The molecule has 0 aliphatic rings. The van der Waals surface area contributed by atoms with Crippen LogP contribution in [-0.2, 0) is 11.3 Å². The molecule has 26 heavy (non-hydrogen) atoms. The van der Waals surface area contributed by atoms with Gasteiger partial charge in [-0.1, -0.05) is 26.0 Å². The molecule has 6 nitrogen and oxygen atoms in total. The number of aromatic hydroxyl groups is 1. The van der Waals surface area contributed by atoms with Crippen molar-refractivity contribution in [1.82, 2.24) is 4.57 Å². The summed E-state index contributed by atoms with van der Waals surface area (Å²) in [4.78, 5) is 16.7. The number of aromatic nitrogens is 1. The van der Waals surface area contributed by atoms with Gasteiger partial charge >= 0.3 is 0 Å². The molecule has 0 fully saturated rings. The molecular formula is C20H23N3O3. The van der Waals surface area contributed by atoms with Crippen LogP contribution in [0.3, 0.4) is 0 Å². The smallest absolute Gasteiger partial charge is 0.271 e. The molecule has 0 aliphatic carbocycles. The van der Waals surface area contributed by atoms with E-state index in [4.69, 9.17) is 4.74 Å². The highest BCUT2D eigenvalue weighted by atomic mass is 16.5. The van der Waals surface area contributed by atoms with Crippen LogP contribution in [0.4, 0.5) is 5.69 Å². The van der Waals surface area contributed by atoms with Gasteiger partial charge in [0.05, 0.1) is 24.4 Å². The molecule has 0 saturated heterocycles. The van der Waals surface area contributed by atoms with Crippen LogP contribution in [0.15, 0.2) is 34.1 Å². The second kappa shape index (κ2) is 8.45. The zero-order valence-electron chi connectivity index (χ0n) is 15.5. The van der Waals surface area contributed by atoms with Crippen LogP contribution in [0.25, 0.3) is 0 Å². The second-order valence-electron chi connectivity index (χ2n) is 6.30. The quantitative estimate of drug-likeness (QED) is 0.808. The predicted molar refractivity (Wildman–Crippen MR) is 101 cm³/mol. The molecule has 1 aromatic heterocycles. The molecule has 0 amide bonds. The third-order valence-corrected chi connectivity index (χ3v) is 4.27. The number of hydrogen-bond donors (Lipinski definition) is 1. The van der Waals surface area contributed by atoms with Crippen molar-refractivity contribution in [2.75, 3.05) is 13.7 Å².